The van der Waals surface area contributed by atoms with E-state index in [1.54, 1.807) is 37.4 Å². The Labute approximate surface area is 221 Å². The smallest absolute Gasteiger partial charge is 0.247 e. The molecule has 38 heavy (non-hydrogen) atoms. The summed E-state index contributed by atoms with van der Waals surface area (Å²) in [7, 11) is 3.08. The van der Waals surface area contributed by atoms with Crippen molar-refractivity contribution in [2.75, 3.05) is 14.2 Å². The maximum absolute atomic E-state index is 13.6. The van der Waals surface area contributed by atoms with Crippen LogP contribution in [0.1, 0.15) is 44.6 Å². The minimum Gasteiger partial charge on any atom is -0.493 e. The number of carbonyl (C=O) groups is 2. The molecule has 0 aliphatic heterocycles. The van der Waals surface area contributed by atoms with E-state index in [4.69, 9.17) is 9.47 Å². The van der Waals surface area contributed by atoms with E-state index >= 15 is 0 Å². The van der Waals surface area contributed by atoms with Gasteiger partial charge in [-0.3, -0.25) is 9.59 Å². The van der Waals surface area contributed by atoms with Gasteiger partial charge < -0.3 is 19.7 Å². The Morgan fingerprint density at radius 1 is 1.11 bits per heavy atom. The van der Waals surface area contributed by atoms with Gasteiger partial charge in [0.25, 0.3) is 0 Å². The third-order valence-corrected chi connectivity index (χ3v) is 6.72. The number of tetrazole rings is 1. The van der Waals surface area contributed by atoms with Gasteiger partial charge in [0.05, 0.1) is 14.2 Å². The van der Waals surface area contributed by atoms with Crippen LogP contribution in [0.25, 0.3) is 11.4 Å². The van der Waals surface area contributed by atoms with Crippen molar-refractivity contribution in [3.63, 3.8) is 0 Å². The number of hydrogen-bond donors (Lipinski definition) is 1. The van der Waals surface area contributed by atoms with Crippen molar-refractivity contribution < 1.29 is 23.5 Å². The summed E-state index contributed by atoms with van der Waals surface area (Å²) in [6.07, 6.45) is 4.47. The molecule has 11 heteroatoms. The van der Waals surface area contributed by atoms with Gasteiger partial charge in [-0.1, -0.05) is 31.9 Å². The summed E-state index contributed by atoms with van der Waals surface area (Å²) in [4.78, 5) is 29.5. The van der Waals surface area contributed by atoms with Gasteiger partial charge in [0.15, 0.2) is 11.5 Å². The van der Waals surface area contributed by atoms with Crippen LogP contribution in [0.3, 0.4) is 0 Å². The largest absolute Gasteiger partial charge is 0.493 e. The summed E-state index contributed by atoms with van der Waals surface area (Å²) in [5.41, 5.74) is 1.36. The Morgan fingerprint density at radius 3 is 2.47 bits per heavy atom. The zero-order chi connectivity index (χ0) is 27.1. The summed E-state index contributed by atoms with van der Waals surface area (Å²) in [5.74, 6) is 0.493. The Hall–Kier alpha value is -4.02. The number of ether oxygens (including phenoxy) is 2. The molecule has 4 rings (SSSR count). The summed E-state index contributed by atoms with van der Waals surface area (Å²) >= 11 is 0. The molecule has 1 saturated carbocycles. The highest BCUT2D eigenvalue weighted by Gasteiger charge is 2.31. The van der Waals surface area contributed by atoms with Crippen molar-refractivity contribution in [3.8, 4) is 22.9 Å². The van der Waals surface area contributed by atoms with Crippen molar-refractivity contribution in [2.24, 2.45) is 0 Å². The van der Waals surface area contributed by atoms with Gasteiger partial charge in [-0.05, 0) is 60.4 Å². The van der Waals surface area contributed by atoms with Gasteiger partial charge in [-0.15, -0.1) is 10.2 Å². The lowest BCUT2D eigenvalue weighted by atomic mass is 10.1. The molecule has 0 unspecified atom stereocenters. The first-order valence-electron chi connectivity index (χ1n) is 12.8. The number of nitrogens with one attached hydrogen (secondary N) is 1. The minimum atomic E-state index is -0.693. The SMILES string of the molecule is CC[C@H](C(=O)NC1CCCC1)N(Cc1ccc(F)cc1)C(=O)Cn1nnc(-c2ccc(OC)c(OC)c2)n1. The second-order valence-electron chi connectivity index (χ2n) is 9.28. The van der Waals surface area contributed by atoms with Crippen LogP contribution in [0.15, 0.2) is 42.5 Å². The molecule has 1 aliphatic rings. The fourth-order valence-electron chi connectivity index (χ4n) is 4.69. The fraction of sp³-hybridized carbons (Fsp3) is 0.444. The van der Waals surface area contributed by atoms with Crippen molar-refractivity contribution in [2.45, 2.75) is 64.2 Å². The standard InChI is InChI=1S/C27H33FN6O4/c1-4-22(27(36)29-21-7-5-6-8-21)33(16-18-9-12-20(28)13-10-18)25(35)17-34-31-26(30-32-34)19-11-14-23(37-2)24(15-19)38-3/h9-15,21-22H,4-8,16-17H2,1-3H3,(H,29,36)/t22-/m1/s1. The minimum absolute atomic E-state index is 0.125. The van der Waals surface area contributed by atoms with Crippen LogP contribution in [0.4, 0.5) is 4.39 Å². The van der Waals surface area contributed by atoms with Crippen molar-refractivity contribution in [1.29, 1.82) is 0 Å². The number of carbonyl (C=O) groups excluding carboxylic acids is 2. The highest BCUT2D eigenvalue weighted by molar-refractivity contribution is 5.87. The molecule has 2 aromatic carbocycles. The number of benzene rings is 2. The van der Waals surface area contributed by atoms with Gasteiger partial charge in [0.2, 0.25) is 17.6 Å². The number of methoxy groups -OCH3 is 2. The molecule has 1 aliphatic carbocycles. The Kier molecular flexibility index (Phi) is 8.88. The first-order chi connectivity index (χ1) is 18.4. The van der Waals surface area contributed by atoms with E-state index in [9.17, 15) is 14.0 Å². The van der Waals surface area contributed by atoms with Gasteiger partial charge >= 0.3 is 0 Å². The van der Waals surface area contributed by atoms with E-state index in [1.165, 1.54) is 28.9 Å². The van der Waals surface area contributed by atoms with Crippen molar-refractivity contribution in [3.05, 3.63) is 53.8 Å². The van der Waals surface area contributed by atoms with Gasteiger partial charge in [0, 0.05) is 18.2 Å². The lowest BCUT2D eigenvalue weighted by molar-refractivity contribution is -0.142. The van der Waals surface area contributed by atoms with E-state index in [0.717, 1.165) is 25.7 Å². The fourth-order valence-corrected chi connectivity index (χ4v) is 4.69. The second-order valence-corrected chi connectivity index (χ2v) is 9.28. The van der Waals surface area contributed by atoms with E-state index in [1.807, 2.05) is 6.92 Å². The number of aromatic nitrogens is 4. The van der Waals surface area contributed by atoms with E-state index in [2.05, 4.69) is 20.7 Å². The highest BCUT2D eigenvalue weighted by atomic mass is 19.1. The number of nitrogens with zero attached hydrogens (tertiary/aromatic N) is 5. The molecule has 1 aromatic heterocycles. The van der Waals surface area contributed by atoms with E-state index in [-0.39, 0.29) is 36.8 Å². The Bertz CT molecular complexity index is 1240. The molecule has 0 radical (unpaired) electrons. The molecule has 0 bridgehead atoms. The molecule has 0 saturated heterocycles. The lowest BCUT2D eigenvalue weighted by Crippen LogP contribution is -2.51. The van der Waals surface area contributed by atoms with E-state index < -0.39 is 6.04 Å². The van der Waals surface area contributed by atoms with Crippen LogP contribution in [-0.4, -0.2) is 63.2 Å². The van der Waals surface area contributed by atoms with Crippen LogP contribution in [0.2, 0.25) is 0 Å². The van der Waals surface area contributed by atoms with Crippen LogP contribution < -0.4 is 14.8 Å². The molecule has 10 nitrogen and oxygen atoms in total. The second kappa shape index (κ2) is 12.5. The molecule has 1 fully saturated rings. The van der Waals surface area contributed by atoms with Gasteiger partial charge in [0.1, 0.15) is 18.4 Å². The van der Waals surface area contributed by atoms with Crippen molar-refractivity contribution >= 4 is 11.8 Å². The number of halogens is 1. The summed E-state index contributed by atoms with van der Waals surface area (Å²) in [6, 6.07) is 10.6. The Morgan fingerprint density at radius 2 is 1.82 bits per heavy atom. The van der Waals surface area contributed by atoms with Crippen LogP contribution >= 0.6 is 0 Å². The first kappa shape index (κ1) is 27.0. The van der Waals surface area contributed by atoms with Crippen LogP contribution in [0.5, 0.6) is 11.5 Å². The number of hydrogen-bond acceptors (Lipinski definition) is 7. The molecule has 1 atom stereocenters. The maximum atomic E-state index is 13.6. The summed E-state index contributed by atoms with van der Waals surface area (Å²) in [5, 5.41) is 15.6. The molecule has 202 valence electrons. The number of amides is 2. The molecule has 2 amide bonds. The third kappa shape index (κ3) is 6.45. The van der Waals surface area contributed by atoms with Crippen molar-refractivity contribution in [1.82, 2.24) is 30.4 Å². The molecule has 3 aromatic rings. The molecule has 1 N–H and O–H groups in total. The Balaban J connectivity index is 1.54. The summed E-state index contributed by atoms with van der Waals surface area (Å²) in [6.45, 7) is 1.80. The predicted molar refractivity (Wildman–Crippen MR) is 138 cm³/mol. The third-order valence-electron chi connectivity index (χ3n) is 6.72. The molecule has 1 heterocycles. The number of rotatable bonds is 11. The van der Waals surface area contributed by atoms with E-state index in [0.29, 0.717) is 34.9 Å². The lowest BCUT2D eigenvalue weighted by Gasteiger charge is -2.31. The molecular weight excluding hydrogens is 491 g/mol. The molecule has 0 spiro atoms. The zero-order valence-electron chi connectivity index (χ0n) is 21.9. The first-order valence-corrected chi connectivity index (χ1v) is 12.8. The van der Waals surface area contributed by atoms with Gasteiger partial charge in [-0.2, -0.15) is 4.80 Å². The average molecular weight is 525 g/mol. The monoisotopic (exact) mass is 524 g/mol. The average Bonchev–Trinajstić information content (AvgIpc) is 3.61. The van der Waals surface area contributed by atoms with Gasteiger partial charge in [-0.25, -0.2) is 4.39 Å². The highest BCUT2D eigenvalue weighted by Crippen LogP contribution is 2.30. The normalized spacial score (nSPS) is 14.2. The predicted octanol–water partition coefficient (Wildman–Crippen LogP) is 3.36. The van der Waals surface area contributed by atoms with Crippen LogP contribution in [0, 0.1) is 5.82 Å². The zero-order valence-corrected chi connectivity index (χ0v) is 21.9. The molecular formula is C27H33FN6O4. The van der Waals surface area contributed by atoms with Crippen LogP contribution in [-0.2, 0) is 22.7 Å². The quantitative estimate of drug-likeness (QED) is 0.409. The summed E-state index contributed by atoms with van der Waals surface area (Å²) < 4.78 is 24.1. The maximum Gasteiger partial charge on any atom is 0.247 e. The topological polar surface area (TPSA) is 111 Å².